The molecular weight excluding hydrogens is 244 g/mol. The number of carbonyl (C=O) groups is 1. The quantitative estimate of drug-likeness (QED) is 0.847. The number of hydrogen-bond acceptors (Lipinski definition) is 3. The number of likely N-dealkylation sites (tertiary alicyclic amines) is 1. The first-order valence-corrected chi connectivity index (χ1v) is 7.34. The lowest BCUT2D eigenvalue weighted by molar-refractivity contribution is -0.129. The second-order valence-electron chi connectivity index (χ2n) is 4.66. The normalized spacial score (nSPS) is 21.0. The highest BCUT2D eigenvalue weighted by Crippen LogP contribution is 2.27. The minimum atomic E-state index is 0.0118. The lowest BCUT2D eigenvalue weighted by Gasteiger charge is -2.22. The molecule has 2 N–H and O–H groups in total. The van der Waals surface area contributed by atoms with E-state index in [-0.39, 0.29) is 17.2 Å². The maximum atomic E-state index is 12.4. The second kappa shape index (κ2) is 6.25. The molecule has 1 amide bonds. The van der Waals surface area contributed by atoms with E-state index in [0.29, 0.717) is 6.54 Å². The zero-order chi connectivity index (χ0) is 13.0. The van der Waals surface area contributed by atoms with Gasteiger partial charge in [0.25, 0.3) is 0 Å². The third kappa shape index (κ3) is 3.27. The van der Waals surface area contributed by atoms with Crippen LogP contribution in [0.3, 0.4) is 0 Å². The Morgan fingerprint density at radius 3 is 2.78 bits per heavy atom. The first-order chi connectivity index (χ1) is 8.70. The molecule has 0 radical (unpaired) electrons. The second-order valence-corrected chi connectivity index (χ2v) is 5.94. The summed E-state index contributed by atoms with van der Waals surface area (Å²) in [5.74, 6) is 0.235. The summed E-state index contributed by atoms with van der Waals surface area (Å²) in [6.07, 6.45) is 1.78. The van der Waals surface area contributed by atoms with Crippen molar-refractivity contribution in [3.05, 3.63) is 30.3 Å². The van der Waals surface area contributed by atoms with Crippen molar-refractivity contribution in [3.63, 3.8) is 0 Å². The third-order valence-electron chi connectivity index (χ3n) is 3.20. The van der Waals surface area contributed by atoms with Crippen molar-refractivity contribution >= 4 is 17.7 Å². The Bertz CT molecular complexity index is 396. The molecule has 1 aliphatic heterocycles. The molecular formula is C14H20N2OS. The van der Waals surface area contributed by atoms with Gasteiger partial charge in [-0.3, -0.25) is 4.79 Å². The zero-order valence-electron chi connectivity index (χ0n) is 10.7. The molecule has 1 aromatic carbocycles. The summed E-state index contributed by atoms with van der Waals surface area (Å²) in [6.45, 7) is 3.59. The average Bonchev–Trinajstić information content (AvgIpc) is 2.83. The smallest absolute Gasteiger partial charge is 0.236 e. The zero-order valence-corrected chi connectivity index (χ0v) is 11.5. The van der Waals surface area contributed by atoms with Gasteiger partial charge in [0.05, 0.1) is 5.25 Å². The molecule has 98 valence electrons. The Kier molecular flexibility index (Phi) is 4.66. The Balaban J connectivity index is 1.98. The van der Waals surface area contributed by atoms with E-state index >= 15 is 0 Å². The molecule has 0 aromatic heterocycles. The molecule has 18 heavy (non-hydrogen) atoms. The van der Waals surface area contributed by atoms with Crippen LogP contribution < -0.4 is 5.73 Å². The van der Waals surface area contributed by atoms with E-state index in [1.54, 1.807) is 11.8 Å². The van der Waals surface area contributed by atoms with Crippen LogP contribution in [-0.4, -0.2) is 35.2 Å². The molecule has 1 aliphatic rings. The molecule has 4 heteroatoms. The maximum Gasteiger partial charge on any atom is 0.236 e. The van der Waals surface area contributed by atoms with E-state index in [1.807, 2.05) is 23.1 Å². The predicted molar refractivity (Wildman–Crippen MR) is 75.6 cm³/mol. The van der Waals surface area contributed by atoms with Gasteiger partial charge in [0, 0.05) is 24.0 Å². The van der Waals surface area contributed by atoms with Gasteiger partial charge < -0.3 is 10.6 Å². The van der Waals surface area contributed by atoms with E-state index < -0.39 is 0 Å². The molecule has 1 aromatic rings. The van der Waals surface area contributed by atoms with Gasteiger partial charge in [-0.25, -0.2) is 0 Å². The Hall–Kier alpha value is -1.00. The van der Waals surface area contributed by atoms with Crippen molar-refractivity contribution in [2.24, 2.45) is 5.73 Å². The van der Waals surface area contributed by atoms with Gasteiger partial charge >= 0.3 is 0 Å². The number of nitrogens with zero attached hydrogens (tertiary/aromatic N) is 1. The van der Waals surface area contributed by atoms with Gasteiger partial charge in [0.2, 0.25) is 5.91 Å². The molecule has 2 rings (SSSR count). The number of carbonyl (C=O) groups excluding carboxylic acids is 1. The molecule has 3 nitrogen and oxygen atoms in total. The highest BCUT2D eigenvalue weighted by molar-refractivity contribution is 8.00. The van der Waals surface area contributed by atoms with Crippen LogP contribution in [-0.2, 0) is 4.79 Å². The SMILES string of the molecule is CCC(Sc1ccccc1)C(=O)N1CC[C@@H](N)C1. The van der Waals surface area contributed by atoms with Gasteiger partial charge in [0.15, 0.2) is 0 Å². The van der Waals surface area contributed by atoms with E-state index in [9.17, 15) is 4.79 Å². The summed E-state index contributed by atoms with van der Waals surface area (Å²) in [7, 11) is 0. The fraction of sp³-hybridized carbons (Fsp3) is 0.500. The lowest BCUT2D eigenvalue weighted by atomic mass is 10.3. The number of thioether (sulfide) groups is 1. The molecule has 0 saturated carbocycles. The van der Waals surface area contributed by atoms with Gasteiger partial charge in [-0.1, -0.05) is 25.1 Å². The minimum Gasteiger partial charge on any atom is -0.340 e. The van der Waals surface area contributed by atoms with E-state index in [0.717, 1.165) is 24.3 Å². The van der Waals surface area contributed by atoms with Crippen LogP contribution in [0.2, 0.25) is 0 Å². The highest BCUT2D eigenvalue weighted by Gasteiger charge is 2.28. The van der Waals surface area contributed by atoms with Crippen molar-refractivity contribution < 1.29 is 4.79 Å². The predicted octanol–water partition coefficient (Wildman–Crippen LogP) is 2.12. The van der Waals surface area contributed by atoms with Crippen LogP contribution >= 0.6 is 11.8 Å². The van der Waals surface area contributed by atoms with E-state index in [1.165, 1.54) is 0 Å². The topological polar surface area (TPSA) is 46.3 Å². The number of rotatable bonds is 4. The summed E-state index contributed by atoms with van der Waals surface area (Å²) in [5.41, 5.74) is 5.86. The van der Waals surface area contributed by atoms with Crippen molar-refractivity contribution in [3.8, 4) is 0 Å². The summed E-state index contributed by atoms with van der Waals surface area (Å²) in [5, 5.41) is 0.0118. The van der Waals surface area contributed by atoms with Crippen LogP contribution in [0.4, 0.5) is 0 Å². The average molecular weight is 264 g/mol. The van der Waals surface area contributed by atoms with E-state index in [2.05, 4.69) is 19.1 Å². The lowest BCUT2D eigenvalue weighted by Crippen LogP contribution is -2.37. The van der Waals surface area contributed by atoms with Gasteiger partial charge in [-0.15, -0.1) is 11.8 Å². The monoisotopic (exact) mass is 264 g/mol. The molecule has 1 saturated heterocycles. The first-order valence-electron chi connectivity index (χ1n) is 6.46. The first kappa shape index (κ1) is 13.4. The summed E-state index contributed by atoms with van der Waals surface area (Å²) >= 11 is 1.65. The molecule has 0 aliphatic carbocycles. The van der Waals surface area contributed by atoms with Crippen LogP contribution in [0.5, 0.6) is 0 Å². The van der Waals surface area contributed by atoms with Crippen molar-refractivity contribution in [2.75, 3.05) is 13.1 Å². The van der Waals surface area contributed by atoms with Crippen LogP contribution in [0.25, 0.3) is 0 Å². The number of benzene rings is 1. The maximum absolute atomic E-state index is 12.4. The van der Waals surface area contributed by atoms with E-state index in [4.69, 9.17) is 5.73 Å². The molecule has 1 heterocycles. The molecule has 1 fully saturated rings. The number of nitrogens with two attached hydrogens (primary N) is 1. The van der Waals surface area contributed by atoms with Crippen LogP contribution in [0.15, 0.2) is 35.2 Å². The Morgan fingerprint density at radius 2 is 2.22 bits per heavy atom. The van der Waals surface area contributed by atoms with Crippen molar-refractivity contribution in [1.29, 1.82) is 0 Å². The molecule has 0 bridgehead atoms. The standard InChI is InChI=1S/C14H20N2OS/c1-2-13(18-12-6-4-3-5-7-12)14(17)16-9-8-11(15)10-16/h3-7,11,13H,2,8-10,15H2,1H3/t11-,13?/m1/s1. The third-order valence-corrected chi connectivity index (χ3v) is 4.57. The fourth-order valence-corrected chi connectivity index (χ4v) is 3.22. The van der Waals surface area contributed by atoms with Crippen molar-refractivity contribution in [1.82, 2.24) is 4.90 Å². The van der Waals surface area contributed by atoms with Gasteiger partial charge in [0.1, 0.15) is 0 Å². The molecule has 1 unspecified atom stereocenters. The largest absolute Gasteiger partial charge is 0.340 e. The summed E-state index contributed by atoms with van der Waals surface area (Å²) in [4.78, 5) is 15.4. The minimum absolute atomic E-state index is 0.0118. The summed E-state index contributed by atoms with van der Waals surface area (Å²) in [6, 6.07) is 10.3. The van der Waals surface area contributed by atoms with Crippen molar-refractivity contribution in [2.45, 2.75) is 36.0 Å². The fourth-order valence-electron chi connectivity index (χ4n) is 2.16. The summed E-state index contributed by atoms with van der Waals surface area (Å²) < 4.78 is 0. The Labute approximate surface area is 113 Å². The Morgan fingerprint density at radius 1 is 1.50 bits per heavy atom. The van der Waals surface area contributed by atoms with Crippen LogP contribution in [0, 0.1) is 0 Å². The number of amides is 1. The highest BCUT2D eigenvalue weighted by atomic mass is 32.2. The van der Waals surface area contributed by atoms with Gasteiger partial charge in [-0.05, 0) is 25.0 Å². The van der Waals surface area contributed by atoms with Crippen LogP contribution in [0.1, 0.15) is 19.8 Å². The van der Waals surface area contributed by atoms with Gasteiger partial charge in [-0.2, -0.15) is 0 Å². The molecule has 2 atom stereocenters. The number of hydrogen-bond donors (Lipinski definition) is 1. The molecule has 0 spiro atoms.